The average molecular weight is 435 g/mol. The van der Waals surface area contributed by atoms with Gasteiger partial charge in [0, 0.05) is 30.8 Å². The van der Waals surface area contributed by atoms with Crippen LogP contribution in [0, 0.1) is 12.8 Å². The van der Waals surface area contributed by atoms with Crippen LogP contribution >= 0.6 is 23.1 Å². The Balaban J connectivity index is 1.27. The van der Waals surface area contributed by atoms with Gasteiger partial charge in [-0.2, -0.15) is 0 Å². The Kier molecular flexibility index (Phi) is 6.43. The van der Waals surface area contributed by atoms with Crippen LogP contribution in [0.4, 0.5) is 10.8 Å². The van der Waals surface area contributed by atoms with Crippen LogP contribution in [0.15, 0.2) is 28.6 Å². The number of rotatable bonds is 7. The number of anilines is 2. The molecule has 1 N–H and O–H groups in total. The van der Waals surface area contributed by atoms with Crippen LogP contribution in [0.2, 0.25) is 0 Å². The fraction of sp³-hybridized carbons (Fsp3) is 0.474. The van der Waals surface area contributed by atoms with Crippen molar-refractivity contribution in [3.05, 3.63) is 29.8 Å². The molecule has 1 aromatic carbocycles. The molecule has 2 aliphatic heterocycles. The summed E-state index contributed by atoms with van der Waals surface area (Å²) in [4.78, 5) is 26.6. The van der Waals surface area contributed by atoms with Crippen molar-refractivity contribution in [3.63, 3.8) is 0 Å². The van der Waals surface area contributed by atoms with Crippen molar-refractivity contribution in [1.82, 2.24) is 10.2 Å². The molecular formula is C19H22N4O4S2. The fourth-order valence-electron chi connectivity index (χ4n) is 3.20. The molecule has 2 aromatic rings. The number of benzene rings is 1. The predicted molar refractivity (Wildman–Crippen MR) is 111 cm³/mol. The molecule has 3 heterocycles. The molecule has 2 aliphatic rings. The van der Waals surface area contributed by atoms with Crippen molar-refractivity contribution in [2.75, 3.05) is 35.7 Å². The van der Waals surface area contributed by atoms with E-state index in [1.807, 2.05) is 31.2 Å². The predicted octanol–water partition coefficient (Wildman–Crippen LogP) is 2.69. The van der Waals surface area contributed by atoms with Gasteiger partial charge in [0.1, 0.15) is 0 Å². The van der Waals surface area contributed by atoms with Crippen LogP contribution in [-0.2, 0) is 19.1 Å². The van der Waals surface area contributed by atoms with E-state index in [-0.39, 0.29) is 24.5 Å². The van der Waals surface area contributed by atoms with E-state index < -0.39 is 5.92 Å². The van der Waals surface area contributed by atoms with E-state index in [1.54, 1.807) is 16.7 Å². The number of nitrogens with one attached hydrogen (secondary N) is 1. The molecule has 0 spiro atoms. The van der Waals surface area contributed by atoms with Crippen LogP contribution in [0.5, 0.6) is 0 Å². The first-order valence-corrected chi connectivity index (χ1v) is 11.3. The smallest absolute Gasteiger partial charge is 0.231 e. The minimum atomic E-state index is -0.402. The Morgan fingerprint density at radius 3 is 2.79 bits per heavy atom. The monoisotopic (exact) mass is 434 g/mol. The minimum absolute atomic E-state index is 0.0427. The van der Waals surface area contributed by atoms with Gasteiger partial charge in [0.15, 0.2) is 10.6 Å². The van der Waals surface area contributed by atoms with Gasteiger partial charge in [-0.1, -0.05) is 40.8 Å². The lowest BCUT2D eigenvalue weighted by molar-refractivity contribution is -0.122. The Morgan fingerprint density at radius 1 is 1.28 bits per heavy atom. The summed E-state index contributed by atoms with van der Waals surface area (Å²) in [7, 11) is 0. The van der Waals surface area contributed by atoms with Gasteiger partial charge in [-0.3, -0.25) is 9.59 Å². The summed E-state index contributed by atoms with van der Waals surface area (Å²) >= 11 is 2.89. The van der Waals surface area contributed by atoms with Crippen molar-refractivity contribution in [2.45, 2.75) is 30.4 Å². The second kappa shape index (κ2) is 9.21. The maximum atomic E-state index is 12.6. The van der Waals surface area contributed by atoms with E-state index in [0.29, 0.717) is 24.9 Å². The summed E-state index contributed by atoms with van der Waals surface area (Å²) < 4.78 is 11.6. The van der Waals surface area contributed by atoms with Crippen molar-refractivity contribution >= 4 is 45.7 Å². The number of aryl methyl sites for hydroxylation is 1. The first-order chi connectivity index (χ1) is 14.1. The van der Waals surface area contributed by atoms with Crippen LogP contribution < -0.4 is 10.2 Å². The van der Waals surface area contributed by atoms with Crippen LogP contribution in [0.3, 0.4) is 0 Å². The standard InChI is InChI=1S/C19H22N4O4S2/c1-12-2-4-14(5-3-12)23-11-13(10-15(23)24)17(25)20-18-21-22-19(29-18)28-9-6-16-26-7-8-27-16/h2-5,13,16H,6-11H2,1H3,(H,20,21,25)/t13-/m1/s1. The highest BCUT2D eigenvalue weighted by atomic mass is 32.2. The molecule has 154 valence electrons. The molecule has 0 radical (unpaired) electrons. The average Bonchev–Trinajstić information content (AvgIpc) is 3.45. The number of aromatic nitrogens is 2. The van der Waals surface area contributed by atoms with Gasteiger partial charge in [0.25, 0.3) is 0 Å². The van der Waals surface area contributed by atoms with Gasteiger partial charge in [-0.05, 0) is 19.1 Å². The molecule has 4 rings (SSSR count). The molecule has 0 unspecified atom stereocenters. The molecule has 1 aromatic heterocycles. The Labute approximate surface area is 177 Å². The molecule has 2 fully saturated rings. The number of thioether (sulfide) groups is 1. The molecule has 8 nitrogen and oxygen atoms in total. The van der Waals surface area contributed by atoms with Crippen LogP contribution in [0.25, 0.3) is 0 Å². The van der Waals surface area contributed by atoms with E-state index in [1.165, 1.54) is 11.3 Å². The number of hydrogen-bond donors (Lipinski definition) is 1. The van der Waals surface area contributed by atoms with Gasteiger partial charge >= 0.3 is 0 Å². The highest BCUT2D eigenvalue weighted by molar-refractivity contribution is 8.01. The third-order valence-electron chi connectivity index (χ3n) is 4.75. The molecule has 10 heteroatoms. The van der Waals surface area contributed by atoms with E-state index in [0.717, 1.165) is 27.8 Å². The zero-order chi connectivity index (χ0) is 20.2. The molecule has 0 bridgehead atoms. The molecule has 0 aliphatic carbocycles. The summed E-state index contributed by atoms with van der Waals surface area (Å²) in [6.07, 6.45) is 0.845. The number of ether oxygens (including phenoxy) is 2. The van der Waals surface area contributed by atoms with E-state index >= 15 is 0 Å². The summed E-state index contributed by atoms with van der Waals surface area (Å²) in [6, 6.07) is 7.73. The maximum absolute atomic E-state index is 12.6. The van der Waals surface area contributed by atoms with Crippen molar-refractivity contribution in [3.8, 4) is 0 Å². The van der Waals surface area contributed by atoms with Crippen molar-refractivity contribution in [1.29, 1.82) is 0 Å². The third kappa shape index (κ3) is 5.13. The second-order valence-electron chi connectivity index (χ2n) is 6.91. The lowest BCUT2D eigenvalue weighted by Crippen LogP contribution is -2.28. The highest BCUT2D eigenvalue weighted by Crippen LogP contribution is 2.29. The van der Waals surface area contributed by atoms with Gasteiger partial charge < -0.3 is 19.7 Å². The lowest BCUT2D eigenvalue weighted by atomic mass is 10.1. The molecule has 29 heavy (non-hydrogen) atoms. The molecule has 2 amide bonds. The van der Waals surface area contributed by atoms with E-state index in [9.17, 15) is 9.59 Å². The largest absolute Gasteiger partial charge is 0.350 e. The van der Waals surface area contributed by atoms with Crippen LogP contribution in [0.1, 0.15) is 18.4 Å². The fourth-order valence-corrected chi connectivity index (χ4v) is 4.99. The van der Waals surface area contributed by atoms with E-state index in [2.05, 4.69) is 15.5 Å². The van der Waals surface area contributed by atoms with Gasteiger partial charge in [-0.25, -0.2) is 0 Å². The Hall–Kier alpha value is -2.01. The van der Waals surface area contributed by atoms with Crippen molar-refractivity contribution < 1.29 is 19.1 Å². The van der Waals surface area contributed by atoms with Gasteiger partial charge in [0.05, 0.1) is 19.1 Å². The summed E-state index contributed by atoms with van der Waals surface area (Å²) in [5.74, 6) is 0.156. The summed E-state index contributed by atoms with van der Waals surface area (Å²) in [5, 5.41) is 11.4. The second-order valence-corrected chi connectivity index (χ2v) is 9.23. The zero-order valence-electron chi connectivity index (χ0n) is 16.0. The summed E-state index contributed by atoms with van der Waals surface area (Å²) in [6.45, 7) is 3.66. The first-order valence-electron chi connectivity index (χ1n) is 9.46. The molecule has 1 atom stereocenters. The first kappa shape index (κ1) is 20.3. The van der Waals surface area contributed by atoms with Crippen molar-refractivity contribution in [2.24, 2.45) is 5.92 Å². The summed E-state index contributed by atoms with van der Waals surface area (Å²) in [5.41, 5.74) is 1.95. The van der Waals surface area contributed by atoms with E-state index in [4.69, 9.17) is 9.47 Å². The normalized spacial score (nSPS) is 19.8. The Bertz CT molecular complexity index is 867. The number of hydrogen-bond acceptors (Lipinski definition) is 8. The zero-order valence-corrected chi connectivity index (χ0v) is 17.6. The lowest BCUT2D eigenvalue weighted by Gasteiger charge is -2.16. The number of carbonyl (C=O) groups excluding carboxylic acids is 2. The topological polar surface area (TPSA) is 93.7 Å². The van der Waals surface area contributed by atoms with Gasteiger partial charge in [0.2, 0.25) is 16.9 Å². The number of nitrogens with zero attached hydrogens (tertiary/aromatic N) is 3. The molecule has 0 saturated carbocycles. The Morgan fingerprint density at radius 2 is 2.03 bits per heavy atom. The quantitative estimate of drug-likeness (QED) is 0.529. The minimum Gasteiger partial charge on any atom is -0.350 e. The number of amides is 2. The highest BCUT2D eigenvalue weighted by Gasteiger charge is 2.35. The van der Waals surface area contributed by atoms with Crippen LogP contribution in [-0.4, -0.2) is 53.8 Å². The molecular weight excluding hydrogens is 412 g/mol. The third-order valence-corrected chi connectivity index (χ3v) is 6.75. The van der Waals surface area contributed by atoms with Gasteiger partial charge in [-0.15, -0.1) is 10.2 Å². The SMILES string of the molecule is Cc1ccc(N2C[C@H](C(=O)Nc3nnc(SCCC4OCCO4)s3)CC2=O)cc1. The number of carbonyl (C=O) groups is 2. The maximum Gasteiger partial charge on any atom is 0.231 e. The molecule has 2 saturated heterocycles.